The van der Waals surface area contributed by atoms with Crippen LogP contribution >= 0.6 is 0 Å². The minimum Gasteiger partial charge on any atom is -0.494 e. The van der Waals surface area contributed by atoms with Crippen LogP contribution in [0.25, 0.3) is 10.8 Å². The van der Waals surface area contributed by atoms with E-state index in [2.05, 4.69) is 0 Å². The maximum atomic E-state index is 12.2. The van der Waals surface area contributed by atoms with Crippen molar-refractivity contribution in [1.29, 1.82) is 0 Å². The zero-order chi connectivity index (χ0) is 17.5. The van der Waals surface area contributed by atoms with E-state index in [1.54, 1.807) is 26.0 Å². The van der Waals surface area contributed by atoms with Crippen molar-refractivity contribution in [3.63, 3.8) is 0 Å². The molecular weight excluding hydrogens is 308 g/mol. The molecule has 0 aliphatic heterocycles. The van der Waals surface area contributed by atoms with Gasteiger partial charge in [0.05, 0.1) is 30.9 Å². The maximum Gasteiger partial charge on any atom is 0.339 e. The average Bonchev–Trinajstić information content (AvgIpc) is 2.59. The van der Waals surface area contributed by atoms with E-state index in [9.17, 15) is 9.59 Å². The van der Waals surface area contributed by atoms with Gasteiger partial charge in [-0.3, -0.25) is 0 Å². The highest BCUT2D eigenvalue weighted by atomic mass is 16.5. The summed E-state index contributed by atoms with van der Waals surface area (Å²) in [6.07, 6.45) is 0.911. The Morgan fingerprint density at radius 2 is 1.42 bits per heavy atom. The van der Waals surface area contributed by atoms with Crippen LogP contribution in [0.3, 0.4) is 0 Å². The van der Waals surface area contributed by atoms with Gasteiger partial charge in [0.25, 0.3) is 0 Å². The van der Waals surface area contributed by atoms with E-state index in [4.69, 9.17) is 14.2 Å². The zero-order valence-electron chi connectivity index (χ0n) is 14.3. The Hall–Kier alpha value is -2.56. The molecule has 0 spiro atoms. The van der Waals surface area contributed by atoms with E-state index in [-0.39, 0.29) is 24.3 Å². The first-order chi connectivity index (χ1) is 11.6. The Morgan fingerprint density at radius 1 is 0.833 bits per heavy atom. The molecule has 128 valence electrons. The SMILES string of the molecule is CCCOc1ccc2cc(C(=O)OCC)c(C(=O)OCC)cc2c1. The van der Waals surface area contributed by atoms with Crippen LogP contribution in [0, 0.1) is 0 Å². The van der Waals surface area contributed by atoms with Crippen LogP contribution in [0.1, 0.15) is 47.9 Å². The van der Waals surface area contributed by atoms with Crippen LogP contribution in [0.2, 0.25) is 0 Å². The molecule has 0 unspecified atom stereocenters. The number of carbonyl (C=O) groups excluding carboxylic acids is 2. The van der Waals surface area contributed by atoms with Crippen molar-refractivity contribution < 1.29 is 23.8 Å². The predicted molar refractivity (Wildman–Crippen MR) is 91.6 cm³/mol. The van der Waals surface area contributed by atoms with Crippen LogP contribution in [0.5, 0.6) is 5.75 Å². The monoisotopic (exact) mass is 330 g/mol. The molecule has 0 fully saturated rings. The average molecular weight is 330 g/mol. The highest BCUT2D eigenvalue weighted by Crippen LogP contribution is 2.26. The highest BCUT2D eigenvalue weighted by Gasteiger charge is 2.20. The van der Waals surface area contributed by atoms with Crippen molar-refractivity contribution in [2.24, 2.45) is 0 Å². The number of hydrogen-bond donors (Lipinski definition) is 0. The third-order valence-corrected chi connectivity index (χ3v) is 3.41. The lowest BCUT2D eigenvalue weighted by Crippen LogP contribution is -2.14. The van der Waals surface area contributed by atoms with Gasteiger partial charge in [-0.05, 0) is 55.3 Å². The van der Waals surface area contributed by atoms with Crippen molar-refractivity contribution in [3.05, 3.63) is 41.5 Å². The Bertz CT molecular complexity index is 736. The number of benzene rings is 2. The van der Waals surface area contributed by atoms with Crippen molar-refractivity contribution >= 4 is 22.7 Å². The van der Waals surface area contributed by atoms with Gasteiger partial charge in [0.2, 0.25) is 0 Å². The summed E-state index contributed by atoms with van der Waals surface area (Å²) in [4.78, 5) is 24.4. The molecule has 0 heterocycles. The summed E-state index contributed by atoms with van der Waals surface area (Å²) >= 11 is 0. The van der Waals surface area contributed by atoms with Gasteiger partial charge >= 0.3 is 11.9 Å². The van der Waals surface area contributed by atoms with Crippen molar-refractivity contribution in [1.82, 2.24) is 0 Å². The molecular formula is C19H22O5. The molecule has 24 heavy (non-hydrogen) atoms. The quantitative estimate of drug-likeness (QED) is 0.719. The molecule has 2 aromatic rings. The minimum absolute atomic E-state index is 0.204. The van der Waals surface area contributed by atoms with Crippen molar-refractivity contribution in [2.75, 3.05) is 19.8 Å². The van der Waals surface area contributed by atoms with Gasteiger partial charge in [-0.25, -0.2) is 9.59 Å². The van der Waals surface area contributed by atoms with E-state index in [1.165, 1.54) is 0 Å². The first kappa shape index (κ1) is 17.8. The van der Waals surface area contributed by atoms with Crippen LogP contribution in [0.15, 0.2) is 30.3 Å². The van der Waals surface area contributed by atoms with Gasteiger partial charge in [-0.1, -0.05) is 13.0 Å². The zero-order valence-corrected chi connectivity index (χ0v) is 14.3. The molecule has 2 rings (SSSR count). The summed E-state index contributed by atoms with van der Waals surface area (Å²) in [5, 5.41) is 1.63. The topological polar surface area (TPSA) is 61.8 Å². The fourth-order valence-electron chi connectivity index (χ4n) is 2.34. The summed E-state index contributed by atoms with van der Waals surface area (Å²) in [5.74, 6) is -0.348. The molecule has 5 nitrogen and oxygen atoms in total. The Kier molecular flexibility index (Phi) is 6.18. The molecule has 0 bridgehead atoms. The summed E-state index contributed by atoms with van der Waals surface area (Å²) < 4.78 is 15.7. The molecule has 0 saturated carbocycles. The fourth-order valence-corrected chi connectivity index (χ4v) is 2.34. The third kappa shape index (κ3) is 4.04. The minimum atomic E-state index is -0.540. The predicted octanol–water partition coefficient (Wildman–Crippen LogP) is 3.98. The molecule has 2 aromatic carbocycles. The van der Waals surface area contributed by atoms with Crippen LogP contribution in [0.4, 0.5) is 0 Å². The number of rotatable bonds is 7. The lowest BCUT2D eigenvalue weighted by molar-refractivity contribution is 0.0479. The highest BCUT2D eigenvalue weighted by molar-refractivity contribution is 6.07. The molecule has 0 aliphatic carbocycles. The van der Waals surface area contributed by atoms with E-state index < -0.39 is 11.9 Å². The second kappa shape index (κ2) is 8.34. The molecule has 0 radical (unpaired) electrons. The first-order valence-corrected chi connectivity index (χ1v) is 8.15. The molecule has 0 aromatic heterocycles. The number of fused-ring (bicyclic) bond motifs is 1. The van der Waals surface area contributed by atoms with Gasteiger partial charge in [-0.15, -0.1) is 0 Å². The van der Waals surface area contributed by atoms with Gasteiger partial charge in [0.1, 0.15) is 5.75 Å². The summed E-state index contributed by atoms with van der Waals surface area (Å²) in [7, 11) is 0. The summed E-state index contributed by atoms with van der Waals surface area (Å²) in [6.45, 7) is 6.57. The third-order valence-electron chi connectivity index (χ3n) is 3.41. The van der Waals surface area contributed by atoms with E-state index in [0.29, 0.717) is 6.61 Å². The summed E-state index contributed by atoms with van der Waals surface area (Å²) in [5.41, 5.74) is 0.417. The molecule has 5 heteroatoms. The van der Waals surface area contributed by atoms with Crippen molar-refractivity contribution in [2.45, 2.75) is 27.2 Å². The van der Waals surface area contributed by atoms with Crippen LogP contribution in [-0.2, 0) is 9.47 Å². The molecule has 0 saturated heterocycles. The lowest BCUT2D eigenvalue weighted by atomic mass is 10.0. The second-order valence-corrected chi connectivity index (χ2v) is 5.20. The van der Waals surface area contributed by atoms with Crippen LogP contribution < -0.4 is 4.74 Å². The van der Waals surface area contributed by atoms with E-state index in [1.807, 2.05) is 25.1 Å². The second-order valence-electron chi connectivity index (χ2n) is 5.20. The fraction of sp³-hybridized carbons (Fsp3) is 0.368. The van der Waals surface area contributed by atoms with E-state index in [0.717, 1.165) is 22.9 Å². The largest absolute Gasteiger partial charge is 0.494 e. The van der Waals surface area contributed by atoms with E-state index >= 15 is 0 Å². The molecule has 0 aliphatic rings. The Morgan fingerprint density at radius 3 is 1.96 bits per heavy atom. The molecule has 0 N–H and O–H groups in total. The standard InChI is InChI=1S/C19H22O5/c1-4-9-24-15-8-7-13-11-16(18(20)22-5-2)17(12-14(13)10-15)19(21)23-6-3/h7-8,10-12H,4-6,9H2,1-3H3. The van der Waals surface area contributed by atoms with Crippen LogP contribution in [-0.4, -0.2) is 31.8 Å². The Balaban J connectivity index is 2.52. The van der Waals surface area contributed by atoms with Crippen molar-refractivity contribution in [3.8, 4) is 5.75 Å². The molecule has 0 atom stereocenters. The van der Waals surface area contributed by atoms with Gasteiger partial charge in [0.15, 0.2) is 0 Å². The number of ether oxygens (including phenoxy) is 3. The summed E-state index contributed by atoms with van der Waals surface area (Å²) in [6, 6.07) is 8.86. The van der Waals surface area contributed by atoms with Gasteiger partial charge in [-0.2, -0.15) is 0 Å². The number of carbonyl (C=O) groups is 2. The lowest BCUT2D eigenvalue weighted by Gasteiger charge is -2.11. The number of hydrogen-bond acceptors (Lipinski definition) is 5. The maximum absolute atomic E-state index is 12.2. The Labute approximate surface area is 141 Å². The number of esters is 2. The normalized spacial score (nSPS) is 10.5. The smallest absolute Gasteiger partial charge is 0.339 e. The van der Waals surface area contributed by atoms with Gasteiger partial charge in [0, 0.05) is 0 Å². The van der Waals surface area contributed by atoms with Gasteiger partial charge < -0.3 is 14.2 Å². The molecule has 0 amide bonds. The first-order valence-electron chi connectivity index (χ1n) is 8.15.